The molecule has 0 spiro atoms. The average molecular weight is 847 g/mol. The third-order valence-electron chi connectivity index (χ3n) is 10.7. The van der Waals surface area contributed by atoms with Gasteiger partial charge in [0.15, 0.2) is 0 Å². The highest BCUT2D eigenvalue weighted by Gasteiger charge is 2.31. The van der Waals surface area contributed by atoms with Gasteiger partial charge in [0.2, 0.25) is 0 Å². The van der Waals surface area contributed by atoms with Gasteiger partial charge in [-0.25, -0.2) is 9.59 Å². The maximum Gasteiger partial charge on any atom is 0.414 e. The molecule has 8 rings (SSSR count). The van der Waals surface area contributed by atoms with Crippen molar-refractivity contribution in [2.24, 2.45) is 0 Å². The highest BCUT2D eigenvalue weighted by atomic mass is 16.6. The molecule has 63 heavy (non-hydrogen) atoms. The van der Waals surface area contributed by atoms with Crippen LogP contribution in [0.2, 0.25) is 0 Å². The Kier molecular flexibility index (Phi) is 13.9. The Bertz CT molecular complexity index is 2460. The summed E-state index contributed by atoms with van der Waals surface area (Å²) in [5.41, 5.74) is 9.56. The maximum absolute atomic E-state index is 12.5. The van der Waals surface area contributed by atoms with Gasteiger partial charge < -0.3 is 24.1 Å². The van der Waals surface area contributed by atoms with Crippen LogP contribution in [0.4, 0.5) is 21.0 Å². The van der Waals surface area contributed by atoms with Crippen LogP contribution < -0.4 is 19.3 Å². The highest BCUT2D eigenvalue weighted by molar-refractivity contribution is 5.91. The number of carbonyl (C=O) groups excluding carboxylic acids is 2. The second-order valence-corrected chi connectivity index (χ2v) is 17.8. The first-order valence-corrected chi connectivity index (χ1v) is 21.7. The molecule has 2 heterocycles. The van der Waals surface area contributed by atoms with E-state index in [1.54, 1.807) is 9.80 Å². The Hall–Kier alpha value is -6.58. The summed E-state index contributed by atoms with van der Waals surface area (Å²) >= 11 is 0. The Morgan fingerprint density at radius 2 is 0.984 bits per heavy atom. The van der Waals surface area contributed by atoms with E-state index in [0.29, 0.717) is 25.4 Å². The lowest BCUT2D eigenvalue weighted by Crippen LogP contribution is -2.35. The number of benzene rings is 6. The van der Waals surface area contributed by atoms with E-state index in [0.717, 1.165) is 64.2 Å². The van der Waals surface area contributed by atoms with Gasteiger partial charge in [-0.05, 0) is 111 Å². The zero-order chi connectivity index (χ0) is 44.6. The highest BCUT2D eigenvalue weighted by Crippen LogP contribution is 2.35. The molecule has 326 valence electrons. The summed E-state index contributed by atoms with van der Waals surface area (Å²) in [5.74, 6) is 1.38. The van der Waals surface area contributed by atoms with Crippen LogP contribution in [0.1, 0.15) is 69.9 Å². The number of aliphatic hydroxyl groups excluding tert-OH is 1. The zero-order valence-electron chi connectivity index (χ0n) is 37.2. The second kappa shape index (κ2) is 19.6. The predicted molar refractivity (Wildman–Crippen MR) is 251 cm³/mol. The lowest BCUT2D eigenvalue weighted by molar-refractivity contribution is 0.0573. The largest absolute Gasteiger partial charge is 0.493 e. The number of fused-ring (bicyclic) bond motifs is 2. The van der Waals surface area contributed by atoms with E-state index in [9.17, 15) is 14.7 Å². The van der Waals surface area contributed by atoms with Gasteiger partial charge in [-0.15, -0.1) is 0 Å². The number of rotatable bonds is 10. The molecule has 9 nitrogen and oxygen atoms in total. The number of aliphatic hydroxyl groups is 1. The second-order valence-electron chi connectivity index (χ2n) is 17.8. The van der Waals surface area contributed by atoms with E-state index in [1.165, 1.54) is 16.7 Å². The molecule has 0 radical (unpaired) electrons. The fourth-order valence-electron chi connectivity index (χ4n) is 7.49. The van der Waals surface area contributed by atoms with Gasteiger partial charge in [-0.3, -0.25) is 9.80 Å². The van der Waals surface area contributed by atoms with E-state index in [1.807, 2.05) is 126 Å². The summed E-state index contributed by atoms with van der Waals surface area (Å²) in [6, 6.07) is 48.6. The molecule has 6 aromatic rings. The van der Waals surface area contributed by atoms with Gasteiger partial charge in [0.25, 0.3) is 0 Å². The third-order valence-corrected chi connectivity index (χ3v) is 10.7. The van der Waals surface area contributed by atoms with Crippen molar-refractivity contribution in [1.29, 1.82) is 0 Å². The summed E-state index contributed by atoms with van der Waals surface area (Å²) in [4.78, 5) is 28.4. The molecule has 9 heteroatoms. The minimum Gasteiger partial charge on any atom is -0.493 e. The molecule has 6 aromatic carbocycles. The van der Waals surface area contributed by atoms with E-state index >= 15 is 0 Å². The van der Waals surface area contributed by atoms with E-state index in [4.69, 9.17) is 18.9 Å². The van der Waals surface area contributed by atoms with Crippen molar-refractivity contribution in [3.8, 4) is 33.8 Å². The van der Waals surface area contributed by atoms with Gasteiger partial charge in [-0.1, -0.05) is 121 Å². The van der Waals surface area contributed by atoms with Gasteiger partial charge in [0, 0.05) is 31.6 Å². The molecule has 0 aromatic heterocycles. The summed E-state index contributed by atoms with van der Waals surface area (Å²) in [6.07, 6.45) is 1.03. The number of ether oxygens (including phenoxy) is 4. The van der Waals surface area contributed by atoms with Gasteiger partial charge in [-0.2, -0.15) is 0 Å². The predicted octanol–water partition coefficient (Wildman–Crippen LogP) is 12.0. The minimum absolute atomic E-state index is 0.121. The van der Waals surface area contributed by atoms with E-state index in [-0.39, 0.29) is 18.8 Å². The maximum atomic E-state index is 12.5. The Morgan fingerprint density at radius 1 is 0.556 bits per heavy atom. The number of hydrogen-bond donors (Lipinski definition) is 1. The van der Waals surface area contributed by atoms with Crippen LogP contribution in [0.15, 0.2) is 146 Å². The lowest BCUT2D eigenvalue weighted by atomic mass is 10.0. The van der Waals surface area contributed by atoms with E-state index in [2.05, 4.69) is 60.7 Å². The molecular weight excluding hydrogens is 789 g/mol. The first-order chi connectivity index (χ1) is 30.2. The van der Waals surface area contributed by atoms with Crippen molar-refractivity contribution < 1.29 is 33.6 Å². The third kappa shape index (κ3) is 12.1. The quantitative estimate of drug-likeness (QED) is 0.147. The Labute approximate surface area is 371 Å². The first kappa shape index (κ1) is 44.5. The number of amides is 2. The van der Waals surface area contributed by atoms with Crippen LogP contribution >= 0.6 is 0 Å². The lowest BCUT2D eigenvalue weighted by Gasteiger charge is -2.25. The molecule has 2 amide bonds. The topological polar surface area (TPSA) is 97.8 Å². The molecular formula is C54H58N2O7. The molecule has 0 saturated heterocycles. The molecule has 0 saturated carbocycles. The Morgan fingerprint density at radius 3 is 1.44 bits per heavy atom. The Balaban J connectivity index is 0.000000189. The standard InChI is InChI=1S/C27H29NO4.C27H29NO3/c1-27(2,3)32-26(30)28-16-15-21-13-14-23(17-24(21)28)31-18-25(29)22-11-9-20(10-12-22)19-7-5-4-6-8-19;1-27(2,3)31-26(29)28-17-15-23-13-14-24(19-25(23)28)30-18-16-20-9-11-22(12-10-20)21-7-5-4-6-8-21/h4-14,17,25,29H,15-16,18H2,1-3H3;4-14,19H,15-18H2,1-3H3. The molecule has 1 unspecified atom stereocenters. The molecule has 0 aliphatic carbocycles. The summed E-state index contributed by atoms with van der Waals surface area (Å²) < 4.78 is 22.9. The van der Waals surface area contributed by atoms with Crippen molar-refractivity contribution >= 4 is 23.6 Å². The van der Waals surface area contributed by atoms with Gasteiger partial charge in [0.1, 0.15) is 35.4 Å². The number of carbonyl (C=O) groups is 2. The number of hydrogen-bond acceptors (Lipinski definition) is 7. The van der Waals surface area contributed by atoms with Crippen molar-refractivity contribution in [3.05, 3.63) is 168 Å². The molecule has 1 N–H and O–H groups in total. The molecule has 0 fully saturated rings. The van der Waals surface area contributed by atoms with Gasteiger partial charge in [0.05, 0.1) is 18.0 Å². The smallest absolute Gasteiger partial charge is 0.414 e. The monoisotopic (exact) mass is 846 g/mol. The van der Waals surface area contributed by atoms with Crippen molar-refractivity contribution in [2.45, 2.75) is 78.1 Å². The van der Waals surface area contributed by atoms with Crippen molar-refractivity contribution in [3.63, 3.8) is 0 Å². The zero-order valence-corrected chi connectivity index (χ0v) is 37.2. The van der Waals surface area contributed by atoms with Crippen LogP contribution in [-0.2, 0) is 28.7 Å². The SMILES string of the molecule is CC(C)(C)OC(=O)N1CCc2ccc(OCC(O)c3ccc(-c4ccccc4)cc3)cc21.CC(C)(C)OC(=O)N1CCc2ccc(OCCc3ccc(-c4ccccc4)cc3)cc21. The molecule has 2 aliphatic rings. The van der Waals surface area contributed by atoms with E-state index < -0.39 is 17.3 Å². The van der Waals surface area contributed by atoms with Crippen LogP contribution in [0.5, 0.6) is 11.5 Å². The van der Waals surface area contributed by atoms with Crippen molar-refractivity contribution in [1.82, 2.24) is 0 Å². The van der Waals surface area contributed by atoms with Crippen LogP contribution in [0.3, 0.4) is 0 Å². The molecule has 2 aliphatic heterocycles. The first-order valence-electron chi connectivity index (χ1n) is 21.7. The molecule has 0 bridgehead atoms. The average Bonchev–Trinajstić information content (AvgIpc) is 3.90. The summed E-state index contributed by atoms with van der Waals surface area (Å²) in [7, 11) is 0. The number of anilines is 2. The van der Waals surface area contributed by atoms with Gasteiger partial charge >= 0.3 is 12.2 Å². The molecule has 1 atom stereocenters. The van der Waals surface area contributed by atoms with Crippen LogP contribution in [0.25, 0.3) is 22.3 Å². The fourth-order valence-corrected chi connectivity index (χ4v) is 7.49. The van der Waals surface area contributed by atoms with Crippen molar-refractivity contribution in [2.75, 3.05) is 36.1 Å². The fraction of sp³-hybridized carbons (Fsp3) is 0.296. The van der Waals surface area contributed by atoms with Crippen LogP contribution in [-0.4, -0.2) is 54.8 Å². The van der Waals surface area contributed by atoms with Crippen LogP contribution in [0, 0.1) is 0 Å². The number of nitrogens with zero attached hydrogens (tertiary/aromatic N) is 2. The minimum atomic E-state index is -0.755. The summed E-state index contributed by atoms with van der Waals surface area (Å²) in [5, 5.41) is 10.6. The normalized spacial score (nSPS) is 13.6. The summed E-state index contributed by atoms with van der Waals surface area (Å²) in [6.45, 7) is 13.1.